The van der Waals surface area contributed by atoms with E-state index in [1.165, 1.54) is 0 Å². The van der Waals surface area contributed by atoms with Gasteiger partial charge in [-0.1, -0.05) is 12.2 Å². The highest BCUT2D eigenvalue weighted by atomic mass is 19.1. The summed E-state index contributed by atoms with van der Waals surface area (Å²) >= 11 is 0. The Hall–Kier alpha value is -0.630. The number of allylic oxidation sites excluding steroid dienone is 1. The normalized spacial score (nSPS) is 9.45. The standard InChI is InChI=1S/C9H15FO/c1-5-11-6-9(7(2)3)8(4)10/h4-6H2,1-3H3. The van der Waals surface area contributed by atoms with Gasteiger partial charge in [0.15, 0.2) is 0 Å². The Morgan fingerprint density at radius 1 is 1.45 bits per heavy atom. The highest BCUT2D eigenvalue weighted by Gasteiger charge is 2.02. The van der Waals surface area contributed by atoms with Crippen LogP contribution in [0.4, 0.5) is 4.39 Å². The van der Waals surface area contributed by atoms with Crippen LogP contribution in [0.25, 0.3) is 0 Å². The van der Waals surface area contributed by atoms with Gasteiger partial charge in [-0.3, -0.25) is 0 Å². The zero-order chi connectivity index (χ0) is 8.85. The Morgan fingerprint density at radius 2 is 2.00 bits per heavy atom. The number of hydrogen-bond acceptors (Lipinski definition) is 1. The van der Waals surface area contributed by atoms with Crippen LogP contribution in [0, 0.1) is 0 Å². The summed E-state index contributed by atoms with van der Waals surface area (Å²) in [5.74, 6) is -0.390. The van der Waals surface area contributed by atoms with Crippen molar-refractivity contribution in [3.8, 4) is 0 Å². The predicted octanol–water partition coefficient (Wildman–Crippen LogP) is 2.84. The molecule has 0 aromatic rings. The molecule has 0 heterocycles. The van der Waals surface area contributed by atoms with Crippen molar-refractivity contribution < 1.29 is 9.13 Å². The van der Waals surface area contributed by atoms with E-state index in [-0.39, 0.29) is 0 Å². The SMILES string of the molecule is C=C(F)C(COCC)=C(C)C. The largest absolute Gasteiger partial charge is 0.377 e. The molecular formula is C9H15FO. The van der Waals surface area contributed by atoms with E-state index < -0.39 is 5.83 Å². The molecule has 0 radical (unpaired) electrons. The number of rotatable bonds is 4. The van der Waals surface area contributed by atoms with Gasteiger partial charge in [0.1, 0.15) is 5.83 Å². The van der Waals surface area contributed by atoms with E-state index in [0.29, 0.717) is 18.8 Å². The second kappa shape index (κ2) is 5.08. The van der Waals surface area contributed by atoms with Crippen molar-refractivity contribution in [2.75, 3.05) is 13.2 Å². The Kier molecular flexibility index (Phi) is 4.79. The van der Waals surface area contributed by atoms with Crippen LogP contribution >= 0.6 is 0 Å². The fraction of sp³-hybridized carbons (Fsp3) is 0.556. The lowest BCUT2D eigenvalue weighted by Gasteiger charge is -2.06. The minimum atomic E-state index is -0.390. The van der Waals surface area contributed by atoms with Crippen molar-refractivity contribution in [2.45, 2.75) is 20.8 Å². The molecule has 0 fully saturated rings. The molecule has 0 saturated carbocycles. The third-order valence-electron chi connectivity index (χ3n) is 1.38. The van der Waals surface area contributed by atoms with E-state index in [4.69, 9.17) is 4.74 Å². The van der Waals surface area contributed by atoms with Gasteiger partial charge in [0, 0.05) is 12.2 Å². The van der Waals surface area contributed by atoms with Crippen molar-refractivity contribution in [3.63, 3.8) is 0 Å². The maximum Gasteiger partial charge on any atom is 0.121 e. The van der Waals surface area contributed by atoms with Gasteiger partial charge in [0.05, 0.1) is 6.61 Å². The van der Waals surface area contributed by atoms with E-state index >= 15 is 0 Å². The maximum absolute atomic E-state index is 12.6. The second-order valence-electron chi connectivity index (χ2n) is 2.52. The predicted molar refractivity (Wildman–Crippen MR) is 45.1 cm³/mol. The van der Waals surface area contributed by atoms with Crippen molar-refractivity contribution in [3.05, 3.63) is 23.6 Å². The average Bonchev–Trinajstić information content (AvgIpc) is 1.87. The first-order chi connectivity index (χ1) is 5.09. The first kappa shape index (κ1) is 10.4. The molecule has 0 aromatic carbocycles. The van der Waals surface area contributed by atoms with Crippen LogP contribution in [-0.2, 0) is 4.74 Å². The Labute approximate surface area is 67.6 Å². The van der Waals surface area contributed by atoms with Crippen LogP contribution in [0.2, 0.25) is 0 Å². The van der Waals surface area contributed by atoms with Gasteiger partial charge >= 0.3 is 0 Å². The lowest BCUT2D eigenvalue weighted by molar-refractivity contribution is 0.169. The van der Waals surface area contributed by atoms with E-state index in [1.807, 2.05) is 20.8 Å². The summed E-state index contributed by atoms with van der Waals surface area (Å²) in [7, 11) is 0. The highest BCUT2D eigenvalue weighted by molar-refractivity contribution is 5.27. The van der Waals surface area contributed by atoms with E-state index in [2.05, 4.69) is 6.58 Å². The molecule has 64 valence electrons. The first-order valence-corrected chi connectivity index (χ1v) is 3.68. The van der Waals surface area contributed by atoms with Gasteiger partial charge in [0.25, 0.3) is 0 Å². The molecule has 0 bridgehead atoms. The molecule has 11 heavy (non-hydrogen) atoms. The van der Waals surface area contributed by atoms with Gasteiger partial charge in [-0.15, -0.1) is 0 Å². The Bertz CT molecular complexity index is 166. The summed E-state index contributed by atoms with van der Waals surface area (Å²) in [6, 6.07) is 0. The van der Waals surface area contributed by atoms with Crippen LogP contribution in [0.15, 0.2) is 23.6 Å². The van der Waals surface area contributed by atoms with Crippen LogP contribution < -0.4 is 0 Å². The summed E-state index contributed by atoms with van der Waals surface area (Å²) < 4.78 is 17.7. The number of ether oxygens (including phenoxy) is 1. The zero-order valence-electron chi connectivity index (χ0n) is 7.41. The molecule has 0 amide bonds. The minimum Gasteiger partial charge on any atom is -0.377 e. The van der Waals surface area contributed by atoms with Gasteiger partial charge in [-0.2, -0.15) is 0 Å². The number of hydrogen-bond donors (Lipinski definition) is 0. The van der Waals surface area contributed by atoms with Gasteiger partial charge < -0.3 is 4.74 Å². The lowest BCUT2D eigenvalue weighted by atomic mass is 10.1. The quantitative estimate of drug-likeness (QED) is 0.572. The molecule has 0 aliphatic rings. The van der Waals surface area contributed by atoms with Crippen molar-refractivity contribution in [2.24, 2.45) is 0 Å². The first-order valence-electron chi connectivity index (χ1n) is 3.68. The minimum absolute atomic E-state index is 0.328. The summed E-state index contributed by atoms with van der Waals surface area (Å²) in [6.45, 7) is 9.73. The Balaban J connectivity index is 4.14. The zero-order valence-corrected chi connectivity index (χ0v) is 7.41. The Morgan fingerprint density at radius 3 is 2.27 bits per heavy atom. The van der Waals surface area contributed by atoms with Gasteiger partial charge in [-0.25, -0.2) is 4.39 Å². The van der Waals surface area contributed by atoms with Crippen molar-refractivity contribution in [1.29, 1.82) is 0 Å². The van der Waals surface area contributed by atoms with E-state index in [9.17, 15) is 4.39 Å². The molecule has 0 rings (SSSR count). The third-order valence-corrected chi connectivity index (χ3v) is 1.38. The molecule has 0 aromatic heterocycles. The van der Waals surface area contributed by atoms with E-state index in [1.54, 1.807) is 0 Å². The summed E-state index contributed by atoms with van der Waals surface area (Å²) in [4.78, 5) is 0. The highest BCUT2D eigenvalue weighted by Crippen LogP contribution is 2.14. The van der Waals surface area contributed by atoms with Crippen LogP contribution in [0.5, 0.6) is 0 Å². The fourth-order valence-corrected chi connectivity index (χ4v) is 0.698. The van der Waals surface area contributed by atoms with E-state index in [0.717, 1.165) is 5.57 Å². The summed E-state index contributed by atoms with van der Waals surface area (Å²) in [5, 5.41) is 0. The monoisotopic (exact) mass is 158 g/mol. The van der Waals surface area contributed by atoms with Gasteiger partial charge in [0.2, 0.25) is 0 Å². The van der Waals surface area contributed by atoms with Crippen LogP contribution in [0.3, 0.4) is 0 Å². The molecule has 0 N–H and O–H groups in total. The molecule has 0 unspecified atom stereocenters. The van der Waals surface area contributed by atoms with Crippen molar-refractivity contribution in [1.82, 2.24) is 0 Å². The molecule has 0 saturated heterocycles. The topological polar surface area (TPSA) is 9.23 Å². The summed E-state index contributed by atoms with van der Waals surface area (Å²) in [6.07, 6.45) is 0. The fourth-order valence-electron chi connectivity index (χ4n) is 0.698. The average molecular weight is 158 g/mol. The molecule has 0 aliphatic heterocycles. The maximum atomic E-state index is 12.6. The molecule has 0 atom stereocenters. The molecule has 2 heteroatoms. The lowest BCUT2D eigenvalue weighted by Crippen LogP contribution is -1.99. The smallest absolute Gasteiger partial charge is 0.121 e. The summed E-state index contributed by atoms with van der Waals surface area (Å²) in [5.41, 5.74) is 1.50. The molecule has 1 nitrogen and oxygen atoms in total. The molecular weight excluding hydrogens is 143 g/mol. The van der Waals surface area contributed by atoms with Crippen LogP contribution in [0.1, 0.15) is 20.8 Å². The molecule has 0 aliphatic carbocycles. The molecule has 0 spiro atoms. The van der Waals surface area contributed by atoms with Gasteiger partial charge in [-0.05, 0) is 20.8 Å². The van der Waals surface area contributed by atoms with Crippen molar-refractivity contribution >= 4 is 0 Å². The third kappa shape index (κ3) is 3.94. The number of halogens is 1. The second-order valence-corrected chi connectivity index (χ2v) is 2.52. The van der Waals surface area contributed by atoms with Crippen LogP contribution in [-0.4, -0.2) is 13.2 Å².